The number of rotatable bonds is 4. The fraction of sp³-hybridized carbons (Fsp3) is 0.250. The van der Waals surface area contributed by atoms with Gasteiger partial charge in [0.2, 0.25) is 0 Å². The number of imidazole rings is 1. The quantitative estimate of drug-likeness (QED) is 0.476. The minimum Gasteiger partial charge on any atom is -0.488 e. The van der Waals surface area contributed by atoms with Gasteiger partial charge in [-0.2, -0.15) is 0 Å². The number of hydrogen-bond acceptors (Lipinski definition) is 4. The first-order valence-corrected chi connectivity index (χ1v) is 12.0. The van der Waals surface area contributed by atoms with Gasteiger partial charge in [-0.15, -0.1) is 0 Å². The molecule has 0 aliphatic carbocycles. The van der Waals surface area contributed by atoms with E-state index in [1.54, 1.807) is 6.07 Å². The van der Waals surface area contributed by atoms with Crippen molar-refractivity contribution in [1.82, 2.24) is 19.8 Å². The lowest BCUT2D eigenvalue weighted by molar-refractivity contribution is 0.232. The molecule has 0 unspecified atom stereocenters. The van der Waals surface area contributed by atoms with Crippen molar-refractivity contribution in [2.45, 2.75) is 13.2 Å². The van der Waals surface area contributed by atoms with E-state index in [-0.39, 0.29) is 11.5 Å². The molecule has 6 nitrogen and oxygen atoms in total. The third kappa shape index (κ3) is 4.29. The van der Waals surface area contributed by atoms with E-state index in [1.807, 2.05) is 41.0 Å². The van der Waals surface area contributed by atoms with Crippen molar-refractivity contribution in [3.05, 3.63) is 99.2 Å². The lowest BCUT2D eigenvalue weighted by Crippen LogP contribution is -2.44. The molecule has 0 atom stereocenters. The minimum atomic E-state index is -0.324. The third-order valence-electron chi connectivity index (χ3n) is 6.88. The van der Waals surface area contributed by atoms with Gasteiger partial charge in [0.15, 0.2) is 0 Å². The van der Waals surface area contributed by atoms with Gasteiger partial charge in [-0.1, -0.05) is 30.3 Å². The second-order valence-electron chi connectivity index (χ2n) is 9.09. The Hall–Kier alpha value is -3.68. The average Bonchev–Trinajstić information content (AvgIpc) is 3.11. The number of halogens is 1. The lowest BCUT2D eigenvalue weighted by Gasteiger charge is -2.27. The van der Waals surface area contributed by atoms with Crippen molar-refractivity contribution in [1.29, 1.82) is 0 Å². The zero-order valence-electron chi connectivity index (χ0n) is 19.4. The maximum absolute atomic E-state index is 14.0. The summed E-state index contributed by atoms with van der Waals surface area (Å²) >= 11 is 0. The predicted octanol–water partition coefficient (Wildman–Crippen LogP) is 3.86. The number of fused-ring (bicyclic) bond motifs is 3. The van der Waals surface area contributed by atoms with Crippen molar-refractivity contribution < 1.29 is 9.13 Å². The molecule has 1 aromatic heterocycles. The van der Waals surface area contributed by atoms with Crippen molar-refractivity contribution in [3.63, 3.8) is 0 Å². The number of piperazine rings is 1. The van der Waals surface area contributed by atoms with Crippen LogP contribution in [0.5, 0.6) is 5.75 Å². The maximum atomic E-state index is 14.0. The molecule has 4 aromatic rings. The van der Waals surface area contributed by atoms with Crippen LogP contribution in [-0.2, 0) is 13.2 Å². The number of hydrogen-bond donors (Lipinski definition) is 2. The zero-order chi connectivity index (χ0) is 23.8. The summed E-state index contributed by atoms with van der Waals surface area (Å²) in [6.45, 7) is 5.88. The van der Waals surface area contributed by atoms with Crippen molar-refractivity contribution >= 4 is 22.7 Å². The summed E-state index contributed by atoms with van der Waals surface area (Å²) in [7, 11) is 0. The predicted molar refractivity (Wildman–Crippen MR) is 136 cm³/mol. The molecule has 7 heteroatoms. The normalized spacial score (nSPS) is 17.1. The first-order valence-electron chi connectivity index (χ1n) is 12.0. The van der Waals surface area contributed by atoms with Gasteiger partial charge < -0.3 is 15.0 Å². The van der Waals surface area contributed by atoms with E-state index in [0.717, 1.165) is 71.6 Å². The number of benzene rings is 3. The van der Waals surface area contributed by atoms with E-state index < -0.39 is 0 Å². The van der Waals surface area contributed by atoms with E-state index in [9.17, 15) is 9.18 Å². The molecule has 0 radical (unpaired) electrons. The number of nitrogens with zero attached hydrogens (tertiary/aromatic N) is 2. The van der Waals surface area contributed by atoms with Crippen LogP contribution in [0.4, 0.5) is 4.39 Å². The Morgan fingerprint density at radius 3 is 2.71 bits per heavy atom. The lowest BCUT2D eigenvalue weighted by atomic mass is 9.92. The highest BCUT2D eigenvalue weighted by Gasteiger charge is 2.20. The topological polar surface area (TPSA) is 62.3 Å². The largest absolute Gasteiger partial charge is 0.488 e. The highest BCUT2D eigenvalue weighted by Crippen LogP contribution is 2.38. The van der Waals surface area contributed by atoms with E-state index >= 15 is 0 Å². The minimum absolute atomic E-state index is 0.0889. The Morgan fingerprint density at radius 2 is 1.83 bits per heavy atom. The van der Waals surface area contributed by atoms with Gasteiger partial charge in [0, 0.05) is 50.9 Å². The second kappa shape index (κ2) is 9.17. The SMILES string of the molecule is O=c1[nH]c2cc(C=C3c4ccccc4COc4cc(F)ccc43)ccc2n1CCN1CCNCC1. The summed E-state index contributed by atoms with van der Waals surface area (Å²) in [5, 5.41) is 3.36. The van der Waals surface area contributed by atoms with Crippen LogP contribution in [0.3, 0.4) is 0 Å². The van der Waals surface area contributed by atoms with Crippen LogP contribution in [0.1, 0.15) is 22.3 Å². The molecule has 2 N–H and O–H groups in total. The van der Waals surface area contributed by atoms with Gasteiger partial charge in [-0.05, 0) is 52.6 Å². The van der Waals surface area contributed by atoms with Crippen LogP contribution < -0.4 is 15.7 Å². The van der Waals surface area contributed by atoms with E-state index in [1.165, 1.54) is 12.1 Å². The Bertz CT molecular complexity index is 1480. The van der Waals surface area contributed by atoms with Crippen molar-refractivity contribution in [2.75, 3.05) is 32.7 Å². The molecule has 2 aliphatic heterocycles. The molecular weight excluding hydrogens is 443 g/mol. The molecule has 35 heavy (non-hydrogen) atoms. The van der Waals surface area contributed by atoms with Gasteiger partial charge in [-0.3, -0.25) is 9.47 Å². The van der Waals surface area contributed by atoms with Gasteiger partial charge in [0.25, 0.3) is 0 Å². The first-order chi connectivity index (χ1) is 17.2. The number of nitrogens with one attached hydrogen (secondary N) is 2. The number of H-pyrrole nitrogens is 1. The number of aromatic amines is 1. The Labute approximate surface area is 202 Å². The van der Waals surface area contributed by atoms with E-state index in [0.29, 0.717) is 18.9 Å². The first kappa shape index (κ1) is 21.8. The molecule has 0 saturated carbocycles. The third-order valence-corrected chi connectivity index (χ3v) is 6.88. The monoisotopic (exact) mass is 470 g/mol. The van der Waals surface area contributed by atoms with Crippen LogP contribution in [-0.4, -0.2) is 47.2 Å². The van der Waals surface area contributed by atoms with Gasteiger partial charge >= 0.3 is 5.69 Å². The number of ether oxygens (including phenoxy) is 1. The maximum Gasteiger partial charge on any atom is 0.326 e. The molecule has 0 bridgehead atoms. The van der Waals surface area contributed by atoms with Gasteiger partial charge in [0.1, 0.15) is 18.2 Å². The van der Waals surface area contributed by atoms with E-state index in [2.05, 4.69) is 27.3 Å². The fourth-order valence-corrected chi connectivity index (χ4v) is 5.04. The Morgan fingerprint density at radius 1 is 0.971 bits per heavy atom. The Kier molecular flexibility index (Phi) is 5.72. The van der Waals surface area contributed by atoms with Crippen LogP contribution >= 0.6 is 0 Å². The second-order valence-corrected chi connectivity index (χ2v) is 9.09. The smallest absolute Gasteiger partial charge is 0.326 e. The molecule has 3 heterocycles. The average molecular weight is 471 g/mol. The number of aromatic nitrogens is 2. The van der Waals surface area contributed by atoms with E-state index in [4.69, 9.17) is 4.74 Å². The summed E-state index contributed by atoms with van der Waals surface area (Å²) in [6, 6.07) is 18.8. The van der Waals surface area contributed by atoms with Gasteiger partial charge in [0.05, 0.1) is 11.0 Å². The molecule has 178 valence electrons. The molecular formula is C28H27FN4O2. The van der Waals surface area contributed by atoms with Crippen molar-refractivity contribution in [2.24, 2.45) is 0 Å². The Balaban J connectivity index is 1.38. The highest BCUT2D eigenvalue weighted by molar-refractivity contribution is 5.95. The fourth-order valence-electron chi connectivity index (χ4n) is 5.04. The standard InChI is InChI=1S/C28H27FN4O2/c29-21-6-7-23-24(22-4-2-1-3-20(22)18-35-27(23)17-21)15-19-5-8-26-25(16-19)31-28(34)33(26)14-13-32-11-9-30-10-12-32/h1-8,15-17,30H,9-14,18H2,(H,31,34). The summed E-state index contributed by atoms with van der Waals surface area (Å²) in [4.78, 5) is 18.1. The molecule has 0 spiro atoms. The summed E-state index contributed by atoms with van der Waals surface area (Å²) in [6.07, 6.45) is 2.08. The molecule has 6 rings (SSSR count). The zero-order valence-corrected chi connectivity index (χ0v) is 19.4. The van der Waals surface area contributed by atoms with Crippen LogP contribution in [0.2, 0.25) is 0 Å². The molecule has 0 amide bonds. The van der Waals surface area contributed by atoms with Gasteiger partial charge in [-0.25, -0.2) is 9.18 Å². The highest BCUT2D eigenvalue weighted by atomic mass is 19.1. The summed E-state index contributed by atoms with van der Waals surface area (Å²) in [5.74, 6) is 0.205. The van der Waals surface area contributed by atoms with Crippen LogP contribution in [0, 0.1) is 5.82 Å². The molecule has 2 aliphatic rings. The molecule has 3 aromatic carbocycles. The van der Waals surface area contributed by atoms with Crippen LogP contribution in [0.15, 0.2) is 65.5 Å². The summed E-state index contributed by atoms with van der Waals surface area (Å²) in [5.41, 5.74) is 6.49. The summed E-state index contributed by atoms with van der Waals surface area (Å²) < 4.78 is 21.7. The molecule has 1 fully saturated rings. The van der Waals surface area contributed by atoms with Crippen LogP contribution in [0.25, 0.3) is 22.7 Å². The molecule has 1 saturated heterocycles. The van der Waals surface area contributed by atoms with Crippen molar-refractivity contribution in [3.8, 4) is 5.75 Å².